The van der Waals surface area contributed by atoms with Crippen molar-refractivity contribution in [1.82, 2.24) is 0 Å². The Morgan fingerprint density at radius 2 is 2.00 bits per heavy atom. The monoisotopic (exact) mass is 213 g/mol. The molecule has 0 fully saturated rings. The van der Waals surface area contributed by atoms with E-state index in [0.29, 0.717) is 17.9 Å². The lowest BCUT2D eigenvalue weighted by Gasteiger charge is -2.06. The van der Waals surface area contributed by atoms with Crippen molar-refractivity contribution in [3.8, 4) is 0 Å². The van der Waals surface area contributed by atoms with Crippen molar-refractivity contribution in [1.29, 1.82) is 0 Å². The van der Waals surface area contributed by atoms with Crippen molar-refractivity contribution in [3.05, 3.63) is 29.3 Å². The van der Waals surface area contributed by atoms with Crippen molar-refractivity contribution in [3.63, 3.8) is 0 Å². The predicted octanol–water partition coefficient (Wildman–Crippen LogP) is 0.900. The zero-order valence-electron chi connectivity index (χ0n) is 8.45. The molecule has 0 aromatic heterocycles. The average molecular weight is 213 g/mol. The minimum absolute atomic E-state index is 0.406. The molecule has 0 bridgehead atoms. The van der Waals surface area contributed by atoms with E-state index in [1.807, 2.05) is 12.1 Å². The highest BCUT2D eigenvalue weighted by molar-refractivity contribution is 7.90. The summed E-state index contributed by atoms with van der Waals surface area (Å²) in [7, 11) is -3.12. The van der Waals surface area contributed by atoms with Crippen LogP contribution in [-0.2, 0) is 16.3 Å². The summed E-state index contributed by atoms with van der Waals surface area (Å²) in [6, 6.07) is 5.44. The van der Waals surface area contributed by atoms with E-state index in [-0.39, 0.29) is 0 Å². The molecule has 0 atom stereocenters. The molecule has 1 rings (SSSR count). The molecule has 0 heterocycles. The van der Waals surface area contributed by atoms with Crippen LogP contribution < -0.4 is 5.73 Å². The van der Waals surface area contributed by atoms with Gasteiger partial charge in [0.2, 0.25) is 0 Å². The molecule has 3 nitrogen and oxygen atoms in total. The van der Waals surface area contributed by atoms with E-state index in [2.05, 4.69) is 0 Å². The third-order valence-corrected chi connectivity index (χ3v) is 3.32. The number of sulfone groups is 1. The van der Waals surface area contributed by atoms with Gasteiger partial charge in [-0.3, -0.25) is 0 Å². The van der Waals surface area contributed by atoms with E-state index in [1.165, 1.54) is 6.26 Å². The molecular formula is C10H15NO2S. The Morgan fingerprint density at radius 1 is 1.36 bits per heavy atom. The lowest BCUT2D eigenvalue weighted by molar-refractivity contribution is 0.601. The van der Waals surface area contributed by atoms with Gasteiger partial charge in [0.05, 0.1) is 4.90 Å². The molecule has 0 radical (unpaired) electrons. The molecule has 0 amide bonds. The predicted molar refractivity (Wildman–Crippen MR) is 57.0 cm³/mol. The zero-order chi connectivity index (χ0) is 10.8. The van der Waals surface area contributed by atoms with Crippen LogP contribution in [0.15, 0.2) is 23.1 Å². The van der Waals surface area contributed by atoms with E-state index < -0.39 is 9.84 Å². The molecule has 0 spiro atoms. The Kier molecular flexibility index (Phi) is 3.29. The first-order valence-corrected chi connectivity index (χ1v) is 6.34. The summed E-state index contributed by atoms with van der Waals surface area (Å²) in [5.41, 5.74) is 7.16. The van der Waals surface area contributed by atoms with E-state index >= 15 is 0 Å². The first kappa shape index (κ1) is 11.2. The van der Waals surface area contributed by atoms with Crippen LogP contribution in [0, 0.1) is 6.92 Å². The van der Waals surface area contributed by atoms with Crippen LogP contribution in [0.25, 0.3) is 0 Å². The molecule has 78 valence electrons. The molecule has 14 heavy (non-hydrogen) atoms. The number of aryl methyl sites for hydroxylation is 1. The standard InChI is InChI=1S/C10H15NO2S/c1-8-3-4-9(5-6-11)7-10(8)14(2,12)13/h3-4,7H,5-6,11H2,1-2H3. The summed E-state index contributed by atoms with van der Waals surface area (Å²) in [5.74, 6) is 0. The number of hydrogen-bond donors (Lipinski definition) is 1. The lowest BCUT2D eigenvalue weighted by Crippen LogP contribution is -2.05. The Labute approximate surface area is 84.9 Å². The van der Waals surface area contributed by atoms with Gasteiger partial charge in [-0.25, -0.2) is 8.42 Å². The summed E-state index contributed by atoms with van der Waals surface area (Å²) in [4.78, 5) is 0.406. The zero-order valence-corrected chi connectivity index (χ0v) is 9.26. The normalized spacial score (nSPS) is 11.6. The van der Waals surface area contributed by atoms with E-state index in [9.17, 15) is 8.42 Å². The van der Waals surface area contributed by atoms with Gasteiger partial charge in [0, 0.05) is 6.26 Å². The Balaban J connectivity index is 3.22. The highest BCUT2D eigenvalue weighted by atomic mass is 32.2. The topological polar surface area (TPSA) is 60.2 Å². The molecule has 1 aromatic rings. The third-order valence-electron chi connectivity index (χ3n) is 2.09. The molecule has 0 aliphatic carbocycles. The maximum absolute atomic E-state index is 11.4. The number of hydrogen-bond acceptors (Lipinski definition) is 3. The number of benzene rings is 1. The maximum atomic E-state index is 11.4. The quantitative estimate of drug-likeness (QED) is 0.811. The lowest BCUT2D eigenvalue weighted by atomic mass is 10.1. The van der Waals surface area contributed by atoms with Gasteiger partial charge >= 0.3 is 0 Å². The van der Waals surface area contributed by atoms with Gasteiger partial charge in [-0.15, -0.1) is 0 Å². The minimum Gasteiger partial charge on any atom is -0.330 e. The first-order chi connectivity index (χ1) is 6.45. The number of nitrogens with two attached hydrogens (primary N) is 1. The van der Waals surface area contributed by atoms with Gasteiger partial charge in [0.25, 0.3) is 0 Å². The van der Waals surface area contributed by atoms with Gasteiger partial charge in [0.1, 0.15) is 0 Å². The summed E-state index contributed by atoms with van der Waals surface area (Å²) in [6.07, 6.45) is 1.93. The van der Waals surface area contributed by atoms with Gasteiger partial charge in [0.15, 0.2) is 9.84 Å². The minimum atomic E-state index is -3.12. The van der Waals surface area contributed by atoms with Crippen molar-refractivity contribution in [2.75, 3.05) is 12.8 Å². The second-order valence-electron chi connectivity index (χ2n) is 3.41. The van der Waals surface area contributed by atoms with E-state index in [0.717, 1.165) is 11.1 Å². The highest BCUT2D eigenvalue weighted by Crippen LogP contribution is 2.16. The van der Waals surface area contributed by atoms with Crippen LogP contribution >= 0.6 is 0 Å². The largest absolute Gasteiger partial charge is 0.330 e. The molecule has 0 saturated heterocycles. The highest BCUT2D eigenvalue weighted by Gasteiger charge is 2.10. The second-order valence-corrected chi connectivity index (χ2v) is 5.39. The third kappa shape index (κ3) is 2.56. The van der Waals surface area contributed by atoms with E-state index in [1.54, 1.807) is 13.0 Å². The average Bonchev–Trinajstić information content (AvgIpc) is 2.07. The fraction of sp³-hybridized carbons (Fsp3) is 0.400. The maximum Gasteiger partial charge on any atom is 0.175 e. The van der Waals surface area contributed by atoms with Crippen molar-refractivity contribution >= 4 is 9.84 Å². The fourth-order valence-electron chi connectivity index (χ4n) is 1.37. The van der Waals surface area contributed by atoms with Crippen LogP contribution in [0.4, 0.5) is 0 Å². The van der Waals surface area contributed by atoms with Crippen LogP contribution in [0.3, 0.4) is 0 Å². The first-order valence-electron chi connectivity index (χ1n) is 4.45. The Hall–Kier alpha value is -0.870. The van der Waals surface area contributed by atoms with Crippen LogP contribution in [0.5, 0.6) is 0 Å². The molecule has 1 aromatic carbocycles. The summed E-state index contributed by atoms with van der Waals surface area (Å²) >= 11 is 0. The molecule has 0 unspecified atom stereocenters. The van der Waals surface area contributed by atoms with Crippen molar-refractivity contribution in [2.45, 2.75) is 18.2 Å². The summed E-state index contributed by atoms with van der Waals surface area (Å²) < 4.78 is 22.8. The molecule has 0 aliphatic rings. The molecular weight excluding hydrogens is 198 g/mol. The van der Waals surface area contributed by atoms with Gasteiger partial charge in [-0.2, -0.15) is 0 Å². The van der Waals surface area contributed by atoms with Crippen LogP contribution in [-0.4, -0.2) is 21.2 Å². The SMILES string of the molecule is Cc1ccc(CCN)cc1S(C)(=O)=O. The summed E-state index contributed by atoms with van der Waals surface area (Å²) in [6.45, 7) is 2.33. The molecule has 0 aliphatic heterocycles. The summed E-state index contributed by atoms with van der Waals surface area (Å²) in [5, 5.41) is 0. The van der Waals surface area contributed by atoms with E-state index in [4.69, 9.17) is 5.73 Å². The second kappa shape index (κ2) is 4.11. The van der Waals surface area contributed by atoms with Crippen molar-refractivity contribution < 1.29 is 8.42 Å². The van der Waals surface area contributed by atoms with Crippen molar-refractivity contribution in [2.24, 2.45) is 5.73 Å². The fourth-order valence-corrected chi connectivity index (χ4v) is 2.38. The van der Waals surface area contributed by atoms with Gasteiger partial charge < -0.3 is 5.73 Å². The number of rotatable bonds is 3. The molecule has 0 saturated carbocycles. The Bertz CT molecular complexity index is 424. The smallest absolute Gasteiger partial charge is 0.175 e. The Morgan fingerprint density at radius 3 is 2.50 bits per heavy atom. The van der Waals surface area contributed by atoms with Gasteiger partial charge in [-0.1, -0.05) is 12.1 Å². The van der Waals surface area contributed by atoms with Crippen LogP contribution in [0.2, 0.25) is 0 Å². The van der Waals surface area contributed by atoms with Gasteiger partial charge in [-0.05, 0) is 37.1 Å². The van der Waals surface area contributed by atoms with Crippen LogP contribution in [0.1, 0.15) is 11.1 Å². The molecule has 4 heteroatoms. The molecule has 2 N–H and O–H groups in total.